The normalized spacial score (nSPS) is 14.2. The molecule has 3 N–H and O–H groups in total. The van der Waals surface area contributed by atoms with E-state index in [0.717, 1.165) is 36.2 Å². The summed E-state index contributed by atoms with van der Waals surface area (Å²) in [6, 6.07) is 7.60. The second-order valence-electron chi connectivity index (χ2n) is 7.73. The summed E-state index contributed by atoms with van der Waals surface area (Å²) in [5.74, 6) is 2.21. The maximum Gasteiger partial charge on any atom is 0.161 e. The smallest absolute Gasteiger partial charge is 0.161 e. The summed E-state index contributed by atoms with van der Waals surface area (Å²) in [6.45, 7) is 3.85. The number of rotatable bonds is 7. The SMILES string of the molecule is COc1cc(-c2cnc(N)c(-c3nc4cnccc4[nH]3)n2)ccc1OCCN1CCCC1. The number of methoxy groups -OCH3 is 1. The first kappa shape index (κ1) is 20.2. The molecule has 0 radical (unpaired) electrons. The monoisotopic (exact) mass is 431 g/mol. The van der Waals surface area contributed by atoms with E-state index in [0.29, 0.717) is 41.1 Å². The van der Waals surface area contributed by atoms with Crippen LogP contribution < -0.4 is 15.2 Å². The highest BCUT2D eigenvalue weighted by molar-refractivity contribution is 5.80. The van der Waals surface area contributed by atoms with Crippen molar-refractivity contribution < 1.29 is 9.47 Å². The number of H-pyrrole nitrogens is 1. The van der Waals surface area contributed by atoms with E-state index in [1.165, 1.54) is 12.8 Å². The molecule has 5 rings (SSSR count). The summed E-state index contributed by atoms with van der Waals surface area (Å²) in [7, 11) is 1.63. The minimum Gasteiger partial charge on any atom is -0.493 e. The molecule has 4 aromatic rings. The summed E-state index contributed by atoms with van der Waals surface area (Å²) >= 11 is 0. The van der Waals surface area contributed by atoms with Crippen molar-refractivity contribution in [3.05, 3.63) is 42.9 Å². The van der Waals surface area contributed by atoms with Crippen LogP contribution in [-0.4, -0.2) is 63.2 Å². The number of ether oxygens (including phenoxy) is 2. The van der Waals surface area contributed by atoms with Crippen LogP contribution in [0.2, 0.25) is 0 Å². The zero-order chi connectivity index (χ0) is 21.9. The predicted octanol–water partition coefficient (Wildman–Crippen LogP) is 3.15. The van der Waals surface area contributed by atoms with Gasteiger partial charge in [0.25, 0.3) is 0 Å². The molecule has 1 saturated heterocycles. The molecule has 9 heteroatoms. The first-order valence-electron chi connectivity index (χ1n) is 10.7. The summed E-state index contributed by atoms with van der Waals surface area (Å²) in [5, 5.41) is 0. The first-order chi connectivity index (χ1) is 15.7. The molecule has 1 aromatic carbocycles. The number of imidazole rings is 1. The molecule has 3 aromatic heterocycles. The van der Waals surface area contributed by atoms with Crippen LogP contribution in [0.4, 0.5) is 5.82 Å². The molecule has 0 spiro atoms. The molecule has 0 amide bonds. The average Bonchev–Trinajstić information content (AvgIpc) is 3.49. The highest BCUT2D eigenvalue weighted by Crippen LogP contribution is 2.33. The van der Waals surface area contributed by atoms with Crippen molar-refractivity contribution in [1.82, 2.24) is 29.8 Å². The van der Waals surface area contributed by atoms with Gasteiger partial charge in [-0.1, -0.05) is 0 Å². The van der Waals surface area contributed by atoms with Gasteiger partial charge in [0.2, 0.25) is 0 Å². The lowest BCUT2D eigenvalue weighted by atomic mass is 10.1. The molecular formula is C23H25N7O2. The Morgan fingerprint density at radius 1 is 1.09 bits per heavy atom. The number of anilines is 1. The summed E-state index contributed by atoms with van der Waals surface area (Å²) < 4.78 is 11.6. The van der Waals surface area contributed by atoms with Gasteiger partial charge in [0.1, 0.15) is 17.8 Å². The largest absolute Gasteiger partial charge is 0.493 e. The van der Waals surface area contributed by atoms with Crippen LogP contribution in [0.15, 0.2) is 42.9 Å². The first-order valence-corrected chi connectivity index (χ1v) is 10.7. The number of pyridine rings is 1. The van der Waals surface area contributed by atoms with Gasteiger partial charge in [-0.25, -0.2) is 15.0 Å². The number of likely N-dealkylation sites (tertiary alicyclic amines) is 1. The third kappa shape index (κ3) is 4.06. The number of nitrogens with two attached hydrogens (primary N) is 1. The second kappa shape index (κ2) is 8.80. The van der Waals surface area contributed by atoms with Crippen LogP contribution in [0.25, 0.3) is 33.8 Å². The lowest BCUT2D eigenvalue weighted by molar-refractivity contribution is 0.230. The van der Waals surface area contributed by atoms with Crippen LogP contribution in [0.1, 0.15) is 12.8 Å². The number of aromatic nitrogens is 5. The van der Waals surface area contributed by atoms with E-state index >= 15 is 0 Å². The Balaban J connectivity index is 1.39. The molecule has 164 valence electrons. The summed E-state index contributed by atoms with van der Waals surface area (Å²) in [4.78, 5) is 23.3. The number of benzene rings is 1. The molecule has 0 atom stereocenters. The van der Waals surface area contributed by atoms with E-state index in [1.807, 2.05) is 24.3 Å². The van der Waals surface area contributed by atoms with Gasteiger partial charge in [-0.3, -0.25) is 9.88 Å². The maximum atomic E-state index is 6.11. The maximum absolute atomic E-state index is 6.11. The number of nitrogens with one attached hydrogen (secondary N) is 1. The van der Waals surface area contributed by atoms with Crippen molar-refractivity contribution >= 4 is 16.9 Å². The van der Waals surface area contributed by atoms with Crippen molar-refractivity contribution in [2.24, 2.45) is 0 Å². The number of aromatic amines is 1. The molecule has 0 aliphatic carbocycles. The number of hydrogen-bond acceptors (Lipinski definition) is 8. The van der Waals surface area contributed by atoms with Crippen LogP contribution in [0.5, 0.6) is 11.5 Å². The lowest BCUT2D eigenvalue weighted by Crippen LogP contribution is -2.25. The van der Waals surface area contributed by atoms with Gasteiger partial charge in [-0.2, -0.15) is 0 Å². The van der Waals surface area contributed by atoms with E-state index in [4.69, 9.17) is 20.2 Å². The minimum atomic E-state index is 0.301. The zero-order valence-electron chi connectivity index (χ0n) is 17.9. The van der Waals surface area contributed by atoms with Crippen LogP contribution >= 0.6 is 0 Å². The molecule has 1 fully saturated rings. The molecular weight excluding hydrogens is 406 g/mol. The summed E-state index contributed by atoms with van der Waals surface area (Å²) in [5.41, 5.74) is 9.71. The zero-order valence-corrected chi connectivity index (χ0v) is 17.9. The Morgan fingerprint density at radius 2 is 1.97 bits per heavy atom. The molecule has 1 aliphatic heterocycles. The van der Waals surface area contributed by atoms with Crippen LogP contribution in [0.3, 0.4) is 0 Å². The second-order valence-corrected chi connectivity index (χ2v) is 7.73. The molecule has 0 saturated carbocycles. The average molecular weight is 432 g/mol. The van der Waals surface area contributed by atoms with Crippen molar-refractivity contribution in [2.75, 3.05) is 39.1 Å². The van der Waals surface area contributed by atoms with E-state index in [9.17, 15) is 0 Å². The third-order valence-electron chi connectivity index (χ3n) is 5.63. The fourth-order valence-corrected chi connectivity index (χ4v) is 3.92. The standard InChI is InChI=1S/C23H25N7O2/c1-31-20-12-15(4-5-19(20)32-11-10-30-8-2-3-9-30)17-14-26-22(24)21(27-17)23-28-16-6-7-25-13-18(16)29-23/h4-7,12-14H,2-3,8-11H2,1H3,(H2,24,26)(H,28,29). The number of nitrogen functional groups attached to an aromatic ring is 1. The van der Waals surface area contributed by atoms with Crippen molar-refractivity contribution in [3.8, 4) is 34.3 Å². The van der Waals surface area contributed by atoms with E-state index < -0.39 is 0 Å². The number of fused-ring (bicyclic) bond motifs is 1. The molecule has 4 heterocycles. The van der Waals surface area contributed by atoms with Gasteiger partial charge in [-0.15, -0.1) is 0 Å². The Hall–Kier alpha value is -3.72. The van der Waals surface area contributed by atoms with Crippen molar-refractivity contribution in [3.63, 3.8) is 0 Å². The lowest BCUT2D eigenvalue weighted by Gasteiger charge is -2.16. The van der Waals surface area contributed by atoms with Gasteiger partial charge in [0.15, 0.2) is 23.1 Å². The van der Waals surface area contributed by atoms with E-state index in [2.05, 4.69) is 24.8 Å². The number of nitrogens with zero attached hydrogens (tertiary/aromatic N) is 5. The summed E-state index contributed by atoms with van der Waals surface area (Å²) in [6.07, 6.45) is 7.58. The highest BCUT2D eigenvalue weighted by Gasteiger charge is 2.16. The Bertz CT molecular complexity index is 1200. The fourth-order valence-electron chi connectivity index (χ4n) is 3.92. The van der Waals surface area contributed by atoms with Crippen LogP contribution in [-0.2, 0) is 0 Å². The predicted molar refractivity (Wildman–Crippen MR) is 122 cm³/mol. The minimum absolute atomic E-state index is 0.301. The van der Waals surface area contributed by atoms with Crippen molar-refractivity contribution in [2.45, 2.75) is 12.8 Å². The molecule has 9 nitrogen and oxygen atoms in total. The Morgan fingerprint density at radius 3 is 2.78 bits per heavy atom. The van der Waals surface area contributed by atoms with E-state index in [-0.39, 0.29) is 0 Å². The molecule has 1 aliphatic rings. The topological polar surface area (TPSA) is 115 Å². The van der Waals surface area contributed by atoms with Gasteiger partial charge >= 0.3 is 0 Å². The highest BCUT2D eigenvalue weighted by atomic mass is 16.5. The van der Waals surface area contributed by atoms with Crippen molar-refractivity contribution in [1.29, 1.82) is 0 Å². The Kier molecular flexibility index (Phi) is 5.55. The van der Waals surface area contributed by atoms with E-state index in [1.54, 1.807) is 25.7 Å². The molecule has 0 unspecified atom stereocenters. The van der Waals surface area contributed by atoms with Gasteiger partial charge < -0.3 is 20.2 Å². The fraction of sp³-hybridized carbons (Fsp3) is 0.304. The van der Waals surface area contributed by atoms with Gasteiger partial charge in [0, 0.05) is 18.3 Å². The Labute approximate surface area is 185 Å². The molecule has 32 heavy (non-hydrogen) atoms. The van der Waals surface area contributed by atoms with Crippen LogP contribution in [0, 0.1) is 0 Å². The van der Waals surface area contributed by atoms with Gasteiger partial charge in [0.05, 0.1) is 30.7 Å². The third-order valence-corrected chi connectivity index (χ3v) is 5.63. The number of hydrogen-bond donors (Lipinski definition) is 2. The quantitative estimate of drug-likeness (QED) is 0.459. The molecule has 0 bridgehead atoms. The van der Waals surface area contributed by atoms with Gasteiger partial charge in [-0.05, 0) is 50.2 Å².